The highest BCUT2D eigenvalue weighted by Gasteiger charge is 2.07. The van der Waals surface area contributed by atoms with Gasteiger partial charge in [0.15, 0.2) is 11.5 Å². The van der Waals surface area contributed by atoms with E-state index in [0.29, 0.717) is 16.9 Å². The molecule has 0 bridgehead atoms. The van der Waals surface area contributed by atoms with Gasteiger partial charge in [-0.25, -0.2) is 4.39 Å². The Labute approximate surface area is 124 Å². The molecule has 2 nitrogen and oxygen atoms in total. The number of ether oxygens (including phenoxy) is 1. The highest BCUT2D eigenvalue weighted by atomic mass is 19.1. The second-order valence-electron chi connectivity index (χ2n) is 5.16. The summed E-state index contributed by atoms with van der Waals surface area (Å²) in [5.41, 5.74) is 4.43. The van der Waals surface area contributed by atoms with Gasteiger partial charge in [-0.2, -0.15) is 0 Å². The summed E-state index contributed by atoms with van der Waals surface area (Å²) in [6.45, 7) is 5.97. The van der Waals surface area contributed by atoms with Crippen LogP contribution in [-0.2, 0) is 0 Å². The van der Waals surface area contributed by atoms with Gasteiger partial charge in [0.25, 0.3) is 0 Å². The number of phenols is 1. The molecule has 3 heteroatoms. The van der Waals surface area contributed by atoms with Gasteiger partial charge >= 0.3 is 0 Å². The Morgan fingerprint density at radius 2 is 1.71 bits per heavy atom. The molecule has 21 heavy (non-hydrogen) atoms. The Morgan fingerprint density at radius 3 is 2.24 bits per heavy atom. The minimum absolute atomic E-state index is 0.00434. The molecule has 0 saturated heterocycles. The number of hydrogen-bond acceptors (Lipinski definition) is 2. The lowest BCUT2D eigenvalue weighted by molar-refractivity contribution is 0.373. The van der Waals surface area contributed by atoms with Gasteiger partial charge in [-0.15, -0.1) is 0 Å². The van der Waals surface area contributed by atoms with E-state index in [0.717, 1.165) is 11.1 Å². The molecule has 2 rings (SSSR count). The van der Waals surface area contributed by atoms with Crippen LogP contribution in [0.5, 0.6) is 11.5 Å². The lowest BCUT2D eigenvalue weighted by Crippen LogP contribution is -1.90. The van der Waals surface area contributed by atoms with Crippen LogP contribution in [0.25, 0.3) is 11.9 Å². The summed E-state index contributed by atoms with van der Waals surface area (Å²) in [4.78, 5) is 0. The molecular weight excluding hydrogens is 267 g/mol. The molecule has 2 aromatic rings. The third-order valence-corrected chi connectivity index (χ3v) is 3.70. The van der Waals surface area contributed by atoms with Crippen molar-refractivity contribution in [1.82, 2.24) is 0 Å². The second kappa shape index (κ2) is 6.00. The molecule has 110 valence electrons. The number of benzene rings is 2. The van der Waals surface area contributed by atoms with E-state index >= 15 is 0 Å². The van der Waals surface area contributed by atoms with Crippen molar-refractivity contribution < 1.29 is 14.2 Å². The molecule has 0 atom stereocenters. The van der Waals surface area contributed by atoms with Gasteiger partial charge in [-0.3, -0.25) is 0 Å². The molecular formula is C18H19FO2. The molecule has 2 aromatic carbocycles. The van der Waals surface area contributed by atoms with Crippen molar-refractivity contribution in [2.45, 2.75) is 20.8 Å². The first-order chi connectivity index (χ1) is 9.92. The Kier molecular flexibility index (Phi) is 4.32. The van der Waals surface area contributed by atoms with E-state index in [1.807, 2.05) is 32.9 Å². The standard InChI is InChI=1S/C18H19FO2/c1-11-7-15(8-12(2)13(11)3)16(19)9-14-5-6-18(21-4)17(20)10-14/h5-10,20H,1-4H3/b16-9-. The number of hydrogen-bond donors (Lipinski definition) is 1. The van der Waals surface area contributed by atoms with Gasteiger partial charge in [0, 0.05) is 5.56 Å². The highest BCUT2D eigenvalue weighted by molar-refractivity contribution is 5.78. The molecule has 0 radical (unpaired) electrons. The van der Waals surface area contributed by atoms with Crippen molar-refractivity contribution in [1.29, 1.82) is 0 Å². The van der Waals surface area contributed by atoms with Crippen LogP contribution >= 0.6 is 0 Å². The summed E-state index contributed by atoms with van der Waals surface area (Å²) in [6.07, 6.45) is 1.41. The predicted octanol–water partition coefficient (Wildman–Crippen LogP) is 4.79. The maximum Gasteiger partial charge on any atom is 0.160 e. The van der Waals surface area contributed by atoms with E-state index in [4.69, 9.17) is 4.74 Å². The monoisotopic (exact) mass is 286 g/mol. The molecule has 0 heterocycles. The molecule has 0 amide bonds. The lowest BCUT2D eigenvalue weighted by Gasteiger charge is -2.08. The van der Waals surface area contributed by atoms with Crippen LogP contribution in [-0.4, -0.2) is 12.2 Å². The smallest absolute Gasteiger partial charge is 0.160 e. The summed E-state index contributed by atoms with van der Waals surface area (Å²) >= 11 is 0. The van der Waals surface area contributed by atoms with E-state index in [2.05, 4.69) is 0 Å². The van der Waals surface area contributed by atoms with Crippen molar-refractivity contribution in [3.8, 4) is 11.5 Å². The fourth-order valence-electron chi connectivity index (χ4n) is 2.20. The number of aromatic hydroxyl groups is 1. The van der Waals surface area contributed by atoms with Gasteiger partial charge in [0.2, 0.25) is 0 Å². The van der Waals surface area contributed by atoms with E-state index in [1.54, 1.807) is 12.1 Å². The highest BCUT2D eigenvalue weighted by Crippen LogP contribution is 2.29. The van der Waals surface area contributed by atoms with Crippen LogP contribution < -0.4 is 4.74 Å². The molecule has 0 aliphatic carbocycles. The van der Waals surface area contributed by atoms with Gasteiger partial charge < -0.3 is 9.84 Å². The minimum Gasteiger partial charge on any atom is -0.504 e. The maximum atomic E-state index is 14.4. The predicted molar refractivity (Wildman–Crippen MR) is 84.3 cm³/mol. The van der Waals surface area contributed by atoms with Crippen LogP contribution in [0.1, 0.15) is 27.8 Å². The van der Waals surface area contributed by atoms with Crippen molar-refractivity contribution in [3.63, 3.8) is 0 Å². The summed E-state index contributed by atoms with van der Waals surface area (Å²) in [6, 6.07) is 8.45. The first-order valence-corrected chi connectivity index (χ1v) is 6.75. The Hall–Kier alpha value is -2.29. The SMILES string of the molecule is COc1ccc(/C=C(\F)c2cc(C)c(C)c(C)c2)cc1O. The number of methoxy groups -OCH3 is 1. The molecule has 0 fully saturated rings. The average molecular weight is 286 g/mol. The number of halogens is 1. The minimum atomic E-state index is -0.328. The lowest BCUT2D eigenvalue weighted by atomic mass is 9.99. The topological polar surface area (TPSA) is 29.5 Å². The first kappa shape index (κ1) is 15.1. The van der Waals surface area contributed by atoms with Crippen molar-refractivity contribution in [2.24, 2.45) is 0 Å². The summed E-state index contributed by atoms with van der Waals surface area (Å²) < 4.78 is 19.3. The van der Waals surface area contributed by atoms with E-state index in [1.165, 1.54) is 24.8 Å². The molecule has 0 aliphatic heterocycles. The van der Waals surface area contributed by atoms with Gasteiger partial charge in [0.1, 0.15) is 5.83 Å². The molecule has 0 unspecified atom stereocenters. The van der Waals surface area contributed by atoms with Crippen LogP contribution in [0, 0.1) is 20.8 Å². The fraction of sp³-hybridized carbons (Fsp3) is 0.222. The zero-order chi connectivity index (χ0) is 15.6. The van der Waals surface area contributed by atoms with Gasteiger partial charge in [-0.05, 0) is 73.4 Å². The van der Waals surface area contributed by atoms with E-state index in [-0.39, 0.29) is 11.6 Å². The Bertz CT molecular complexity index is 679. The normalized spacial score (nSPS) is 11.6. The largest absolute Gasteiger partial charge is 0.504 e. The van der Waals surface area contributed by atoms with Crippen molar-refractivity contribution in [3.05, 3.63) is 58.1 Å². The third kappa shape index (κ3) is 3.24. The number of aryl methyl sites for hydroxylation is 2. The van der Waals surface area contributed by atoms with E-state index < -0.39 is 0 Å². The molecule has 0 aromatic heterocycles. The number of phenolic OH excluding ortho intramolecular Hbond substituents is 1. The Balaban J connectivity index is 2.39. The van der Waals surface area contributed by atoms with Crippen LogP contribution in [0.2, 0.25) is 0 Å². The van der Waals surface area contributed by atoms with Gasteiger partial charge in [-0.1, -0.05) is 6.07 Å². The zero-order valence-corrected chi connectivity index (χ0v) is 12.7. The molecule has 1 N–H and O–H groups in total. The van der Waals surface area contributed by atoms with Gasteiger partial charge in [0.05, 0.1) is 7.11 Å². The van der Waals surface area contributed by atoms with Crippen molar-refractivity contribution >= 4 is 11.9 Å². The van der Waals surface area contributed by atoms with Crippen molar-refractivity contribution in [2.75, 3.05) is 7.11 Å². The summed E-state index contributed by atoms with van der Waals surface area (Å²) in [7, 11) is 1.48. The molecule has 0 spiro atoms. The first-order valence-electron chi connectivity index (χ1n) is 6.75. The Morgan fingerprint density at radius 1 is 1.10 bits per heavy atom. The molecule has 0 aliphatic rings. The number of rotatable bonds is 3. The fourth-order valence-corrected chi connectivity index (χ4v) is 2.20. The van der Waals surface area contributed by atoms with E-state index in [9.17, 15) is 9.50 Å². The van der Waals surface area contributed by atoms with Crippen LogP contribution in [0.4, 0.5) is 4.39 Å². The third-order valence-electron chi connectivity index (χ3n) is 3.70. The zero-order valence-electron chi connectivity index (χ0n) is 12.7. The van der Waals surface area contributed by atoms with Crippen LogP contribution in [0.15, 0.2) is 30.3 Å². The molecule has 0 saturated carbocycles. The summed E-state index contributed by atoms with van der Waals surface area (Å²) in [5.74, 6) is 0.0377. The van der Waals surface area contributed by atoms with Crippen LogP contribution in [0.3, 0.4) is 0 Å². The maximum absolute atomic E-state index is 14.4. The quantitative estimate of drug-likeness (QED) is 0.822. The average Bonchev–Trinajstić information content (AvgIpc) is 2.44. The second-order valence-corrected chi connectivity index (χ2v) is 5.16. The summed E-state index contributed by atoms with van der Waals surface area (Å²) in [5, 5.41) is 9.72.